The van der Waals surface area contributed by atoms with Crippen LogP contribution in [0.25, 0.3) is 0 Å². The smallest absolute Gasteiger partial charge is 0.294 e. The SMILES string of the molecule is CCC(=O)C1=C(O)C(=O)N(c2cc(Cl)ccc2O)C1c1cccs1. The molecule has 0 aliphatic carbocycles. The zero-order chi connectivity index (χ0) is 17.4. The average Bonchev–Trinajstić information content (AvgIpc) is 3.17. The minimum Gasteiger partial charge on any atom is -0.506 e. The highest BCUT2D eigenvalue weighted by atomic mass is 35.5. The predicted molar refractivity (Wildman–Crippen MR) is 92.6 cm³/mol. The second-order valence-electron chi connectivity index (χ2n) is 5.27. The standard InChI is InChI=1S/C17H14ClNO4S/c1-2-11(20)14-15(13-4-3-7-24-13)19(17(23)16(14)22)10-8-9(18)5-6-12(10)21/h3-8,15,21-22H,2H2,1H3. The van der Waals surface area contributed by atoms with Crippen molar-refractivity contribution in [1.29, 1.82) is 0 Å². The van der Waals surface area contributed by atoms with Gasteiger partial charge in [0.05, 0.1) is 11.3 Å². The molecular formula is C17H14ClNO4S. The van der Waals surface area contributed by atoms with Gasteiger partial charge in [0, 0.05) is 16.3 Å². The molecule has 1 amide bonds. The Labute approximate surface area is 147 Å². The van der Waals surface area contributed by atoms with E-state index in [0.717, 1.165) is 0 Å². The van der Waals surface area contributed by atoms with Crippen LogP contribution in [-0.2, 0) is 9.59 Å². The average molecular weight is 364 g/mol. The lowest BCUT2D eigenvalue weighted by atomic mass is 10.00. The molecule has 0 fully saturated rings. The molecule has 7 heteroatoms. The Morgan fingerprint density at radius 2 is 2.08 bits per heavy atom. The molecule has 0 saturated heterocycles. The van der Waals surface area contributed by atoms with Crippen LogP contribution in [0.4, 0.5) is 5.69 Å². The third-order valence-corrected chi connectivity index (χ3v) is 5.00. The summed E-state index contributed by atoms with van der Waals surface area (Å²) in [5.74, 6) is -1.79. The van der Waals surface area contributed by atoms with Crippen molar-refractivity contribution in [3.05, 3.63) is 56.9 Å². The maximum Gasteiger partial charge on any atom is 0.294 e. The van der Waals surface area contributed by atoms with Gasteiger partial charge in [0.15, 0.2) is 11.5 Å². The van der Waals surface area contributed by atoms with Gasteiger partial charge in [0.1, 0.15) is 11.8 Å². The van der Waals surface area contributed by atoms with E-state index < -0.39 is 17.7 Å². The number of aliphatic hydroxyl groups is 1. The van der Waals surface area contributed by atoms with Crippen molar-refractivity contribution >= 4 is 40.3 Å². The van der Waals surface area contributed by atoms with Gasteiger partial charge in [-0.05, 0) is 29.6 Å². The summed E-state index contributed by atoms with van der Waals surface area (Å²) in [4.78, 5) is 26.9. The van der Waals surface area contributed by atoms with Gasteiger partial charge in [-0.2, -0.15) is 0 Å². The molecule has 5 nitrogen and oxygen atoms in total. The number of aliphatic hydroxyl groups excluding tert-OH is 1. The van der Waals surface area contributed by atoms with E-state index in [1.54, 1.807) is 19.1 Å². The topological polar surface area (TPSA) is 77.8 Å². The van der Waals surface area contributed by atoms with Crippen LogP contribution in [0.5, 0.6) is 5.75 Å². The highest BCUT2D eigenvalue weighted by molar-refractivity contribution is 7.10. The number of hydrogen-bond donors (Lipinski definition) is 2. The zero-order valence-corrected chi connectivity index (χ0v) is 14.3. The minimum absolute atomic E-state index is 0.0457. The van der Waals surface area contributed by atoms with E-state index in [9.17, 15) is 19.8 Å². The lowest BCUT2D eigenvalue weighted by molar-refractivity contribution is -0.118. The van der Waals surface area contributed by atoms with Crippen LogP contribution >= 0.6 is 22.9 Å². The largest absolute Gasteiger partial charge is 0.506 e. The number of aromatic hydroxyl groups is 1. The molecule has 0 saturated carbocycles. The highest BCUT2D eigenvalue weighted by Gasteiger charge is 2.45. The number of halogens is 1. The number of hydrogen-bond acceptors (Lipinski definition) is 5. The molecular weight excluding hydrogens is 350 g/mol. The summed E-state index contributed by atoms with van der Waals surface area (Å²) in [6.07, 6.45) is 0.157. The van der Waals surface area contributed by atoms with Crippen LogP contribution in [0.1, 0.15) is 24.3 Å². The second kappa shape index (κ2) is 6.30. The molecule has 24 heavy (non-hydrogen) atoms. The van der Waals surface area contributed by atoms with Gasteiger partial charge < -0.3 is 10.2 Å². The fourth-order valence-electron chi connectivity index (χ4n) is 2.73. The van der Waals surface area contributed by atoms with Crippen LogP contribution in [0, 0.1) is 0 Å². The number of anilines is 1. The number of ketones is 1. The van der Waals surface area contributed by atoms with E-state index in [-0.39, 0.29) is 29.2 Å². The first-order valence-corrected chi connectivity index (χ1v) is 8.53. The molecule has 0 bridgehead atoms. The number of rotatable bonds is 4. The summed E-state index contributed by atoms with van der Waals surface area (Å²) in [6, 6.07) is 7.08. The van der Waals surface area contributed by atoms with Gasteiger partial charge in [-0.15, -0.1) is 11.3 Å². The van der Waals surface area contributed by atoms with E-state index in [1.807, 2.05) is 5.38 Å². The fourth-order valence-corrected chi connectivity index (χ4v) is 3.72. The van der Waals surface area contributed by atoms with E-state index >= 15 is 0 Å². The van der Waals surface area contributed by atoms with E-state index in [4.69, 9.17) is 11.6 Å². The van der Waals surface area contributed by atoms with Gasteiger partial charge in [-0.25, -0.2) is 0 Å². The van der Waals surface area contributed by atoms with Crippen LogP contribution < -0.4 is 4.90 Å². The Hall–Kier alpha value is -2.31. The molecule has 1 aliphatic rings. The summed E-state index contributed by atoms with van der Waals surface area (Å²) >= 11 is 7.35. The van der Waals surface area contributed by atoms with E-state index in [1.165, 1.54) is 34.4 Å². The van der Waals surface area contributed by atoms with Crippen molar-refractivity contribution in [3.8, 4) is 5.75 Å². The number of phenols is 1. The Balaban J connectivity index is 2.21. The van der Waals surface area contributed by atoms with Gasteiger partial charge in [0.2, 0.25) is 0 Å². The number of amides is 1. The molecule has 1 aromatic heterocycles. The van der Waals surface area contributed by atoms with E-state index in [2.05, 4.69) is 0 Å². The Kier molecular flexibility index (Phi) is 4.34. The summed E-state index contributed by atoms with van der Waals surface area (Å²) in [7, 11) is 0. The fraction of sp³-hybridized carbons (Fsp3) is 0.176. The molecule has 124 valence electrons. The summed E-state index contributed by atoms with van der Waals surface area (Å²) in [6.45, 7) is 1.66. The molecule has 0 radical (unpaired) electrons. The Morgan fingerprint density at radius 1 is 1.33 bits per heavy atom. The number of carbonyl (C=O) groups is 2. The lowest BCUT2D eigenvalue weighted by Gasteiger charge is -2.26. The van der Waals surface area contributed by atoms with Crippen LogP contribution in [0.15, 0.2) is 47.0 Å². The van der Waals surface area contributed by atoms with Crippen molar-refractivity contribution in [2.75, 3.05) is 4.90 Å². The number of Topliss-reactive ketones (excluding diaryl/α,β-unsaturated/α-hetero) is 1. The van der Waals surface area contributed by atoms with Gasteiger partial charge in [-0.1, -0.05) is 24.6 Å². The lowest BCUT2D eigenvalue weighted by Crippen LogP contribution is -2.30. The van der Waals surface area contributed by atoms with Crippen molar-refractivity contribution in [2.24, 2.45) is 0 Å². The first kappa shape index (κ1) is 16.5. The zero-order valence-electron chi connectivity index (χ0n) is 12.7. The third-order valence-electron chi connectivity index (χ3n) is 3.84. The second-order valence-corrected chi connectivity index (χ2v) is 6.68. The summed E-state index contributed by atoms with van der Waals surface area (Å²) < 4.78 is 0. The quantitative estimate of drug-likeness (QED) is 0.861. The Morgan fingerprint density at radius 3 is 2.71 bits per heavy atom. The van der Waals surface area contributed by atoms with Crippen LogP contribution in [0.2, 0.25) is 5.02 Å². The predicted octanol–water partition coefficient (Wildman–Crippen LogP) is 3.99. The number of carbonyl (C=O) groups excluding carboxylic acids is 2. The summed E-state index contributed by atoms with van der Waals surface area (Å²) in [5.41, 5.74) is 0.195. The molecule has 1 aromatic carbocycles. The van der Waals surface area contributed by atoms with Gasteiger partial charge >= 0.3 is 0 Å². The third kappa shape index (κ3) is 2.57. The molecule has 0 spiro atoms. The minimum atomic E-state index is -0.783. The number of nitrogens with zero attached hydrogens (tertiary/aromatic N) is 1. The molecule has 2 N–H and O–H groups in total. The molecule has 2 aromatic rings. The van der Waals surface area contributed by atoms with Crippen molar-refractivity contribution < 1.29 is 19.8 Å². The molecule has 3 rings (SSSR count). The normalized spacial score (nSPS) is 17.7. The van der Waals surface area contributed by atoms with E-state index in [0.29, 0.717) is 9.90 Å². The molecule has 1 atom stereocenters. The summed E-state index contributed by atoms with van der Waals surface area (Å²) in [5, 5.41) is 22.6. The first-order valence-electron chi connectivity index (χ1n) is 7.27. The van der Waals surface area contributed by atoms with Crippen molar-refractivity contribution in [2.45, 2.75) is 19.4 Å². The molecule has 2 heterocycles. The molecule has 1 unspecified atom stereocenters. The maximum atomic E-state index is 12.6. The van der Waals surface area contributed by atoms with Crippen molar-refractivity contribution in [3.63, 3.8) is 0 Å². The number of benzene rings is 1. The highest BCUT2D eigenvalue weighted by Crippen LogP contribution is 2.45. The van der Waals surface area contributed by atoms with Crippen LogP contribution in [0.3, 0.4) is 0 Å². The van der Waals surface area contributed by atoms with Crippen LogP contribution in [-0.4, -0.2) is 21.9 Å². The Bertz CT molecular complexity index is 844. The molecule has 1 aliphatic heterocycles. The van der Waals surface area contributed by atoms with Crippen molar-refractivity contribution in [1.82, 2.24) is 0 Å². The first-order chi connectivity index (χ1) is 11.5. The van der Waals surface area contributed by atoms with Gasteiger partial charge in [-0.3, -0.25) is 14.5 Å². The monoisotopic (exact) mass is 363 g/mol. The number of thiophene rings is 1. The van der Waals surface area contributed by atoms with Gasteiger partial charge in [0.25, 0.3) is 5.91 Å². The maximum absolute atomic E-state index is 12.6. The number of phenolic OH excluding ortho intramolecular Hbond substituents is 1.